The Morgan fingerprint density at radius 3 is 2.90 bits per heavy atom. The fourth-order valence-corrected chi connectivity index (χ4v) is 3.47. The second-order valence-corrected chi connectivity index (χ2v) is 7.09. The molecule has 1 saturated heterocycles. The topological polar surface area (TPSA) is 104 Å². The Balaban J connectivity index is 1.43. The predicted octanol–water partition coefficient (Wildman–Crippen LogP) is 4.03. The van der Waals surface area contributed by atoms with Gasteiger partial charge in [-0.3, -0.25) is 0 Å². The van der Waals surface area contributed by atoms with Gasteiger partial charge < -0.3 is 19.5 Å². The normalized spacial score (nSPS) is 16.0. The van der Waals surface area contributed by atoms with Crippen LogP contribution in [0.1, 0.15) is 30.2 Å². The van der Waals surface area contributed by atoms with Crippen LogP contribution in [0.2, 0.25) is 0 Å². The van der Waals surface area contributed by atoms with Crippen LogP contribution in [0.4, 0.5) is 10.5 Å². The van der Waals surface area contributed by atoms with Gasteiger partial charge in [0.05, 0.1) is 24.7 Å². The Morgan fingerprint density at radius 1 is 1.30 bits per heavy atom. The molecule has 1 aliphatic heterocycles. The number of anilines is 1. The number of urea groups is 1. The lowest BCUT2D eigenvalue weighted by Crippen LogP contribution is -2.41. The summed E-state index contributed by atoms with van der Waals surface area (Å²) >= 11 is 0. The van der Waals surface area contributed by atoms with Gasteiger partial charge in [-0.05, 0) is 49.2 Å². The number of hydrogen-bond donors (Lipinski definition) is 1. The van der Waals surface area contributed by atoms with Crippen molar-refractivity contribution in [2.45, 2.75) is 18.8 Å². The van der Waals surface area contributed by atoms with Crippen molar-refractivity contribution in [3.05, 3.63) is 60.0 Å². The molecular formula is C22H21N5O3. The molecule has 0 spiro atoms. The molecule has 2 heterocycles. The molecule has 8 heteroatoms. The molecular weight excluding hydrogens is 382 g/mol. The highest BCUT2D eigenvalue weighted by Crippen LogP contribution is 2.29. The summed E-state index contributed by atoms with van der Waals surface area (Å²) in [5.41, 5.74) is 2.02. The van der Waals surface area contributed by atoms with Gasteiger partial charge in [-0.25, -0.2) is 4.79 Å². The number of rotatable bonds is 4. The van der Waals surface area contributed by atoms with E-state index in [9.17, 15) is 4.79 Å². The Bertz CT molecular complexity index is 1070. The number of aromatic nitrogens is 2. The molecule has 4 rings (SSSR count). The summed E-state index contributed by atoms with van der Waals surface area (Å²) in [5.74, 6) is 1.74. The Kier molecular flexibility index (Phi) is 5.61. The van der Waals surface area contributed by atoms with Crippen LogP contribution in [-0.4, -0.2) is 41.3 Å². The molecule has 0 aliphatic carbocycles. The molecule has 0 radical (unpaired) electrons. The van der Waals surface area contributed by atoms with Crippen LogP contribution in [0.3, 0.4) is 0 Å². The van der Waals surface area contributed by atoms with Crippen LogP contribution in [0, 0.1) is 11.3 Å². The number of nitrogens with one attached hydrogen (secondary N) is 1. The van der Waals surface area contributed by atoms with E-state index < -0.39 is 0 Å². The van der Waals surface area contributed by atoms with E-state index in [1.54, 1.807) is 36.3 Å². The first-order valence-electron chi connectivity index (χ1n) is 9.70. The number of nitriles is 1. The zero-order valence-corrected chi connectivity index (χ0v) is 16.5. The fourth-order valence-electron chi connectivity index (χ4n) is 3.47. The van der Waals surface area contributed by atoms with Crippen LogP contribution in [0.25, 0.3) is 11.4 Å². The third kappa shape index (κ3) is 4.25. The largest absolute Gasteiger partial charge is 0.497 e. The molecule has 0 saturated carbocycles. The van der Waals surface area contributed by atoms with Crippen molar-refractivity contribution in [1.82, 2.24) is 15.0 Å². The van der Waals surface area contributed by atoms with Crippen LogP contribution < -0.4 is 10.1 Å². The number of amides is 2. The molecule has 1 aromatic heterocycles. The van der Waals surface area contributed by atoms with Gasteiger partial charge in [0.15, 0.2) is 0 Å². The van der Waals surface area contributed by atoms with Gasteiger partial charge in [-0.15, -0.1) is 0 Å². The summed E-state index contributed by atoms with van der Waals surface area (Å²) < 4.78 is 10.8. The zero-order valence-electron chi connectivity index (χ0n) is 16.5. The monoisotopic (exact) mass is 403 g/mol. The number of methoxy groups -OCH3 is 1. The van der Waals surface area contributed by atoms with E-state index in [1.165, 1.54) is 0 Å². The van der Waals surface area contributed by atoms with E-state index in [0.29, 0.717) is 36.1 Å². The molecule has 2 aromatic carbocycles. The highest BCUT2D eigenvalue weighted by Gasteiger charge is 2.29. The van der Waals surface area contributed by atoms with Crippen LogP contribution in [0.5, 0.6) is 5.75 Å². The summed E-state index contributed by atoms with van der Waals surface area (Å²) in [6.07, 6.45) is 1.72. The van der Waals surface area contributed by atoms with Gasteiger partial charge in [0.25, 0.3) is 0 Å². The molecule has 0 unspecified atom stereocenters. The summed E-state index contributed by atoms with van der Waals surface area (Å²) in [4.78, 5) is 19.0. The quantitative estimate of drug-likeness (QED) is 0.705. The third-order valence-corrected chi connectivity index (χ3v) is 5.09. The SMILES string of the molecule is COc1cccc(-c2noc([C@H]3CCCN(C(=O)Nc4ccc(C#N)cc4)C3)n2)c1. The smallest absolute Gasteiger partial charge is 0.321 e. The number of piperidine rings is 1. The van der Waals surface area contributed by atoms with Crippen LogP contribution in [0.15, 0.2) is 53.1 Å². The molecule has 1 aliphatic rings. The van der Waals surface area contributed by atoms with Gasteiger partial charge in [-0.1, -0.05) is 17.3 Å². The molecule has 1 N–H and O–H groups in total. The van der Waals surface area contributed by atoms with E-state index in [2.05, 4.69) is 21.5 Å². The lowest BCUT2D eigenvalue weighted by atomic mass is 9.98. The minimum Gasteiger partial charge on any atom is -0.497 e. The van der Waals surface area contributed by atoms with Gasteiger partial charge >= 0.3 is 6.03 Å². The number of hydrogen-bond acceptors (Lipinski definition) is 6. The lowest BCUT2D eigenvalue weighted by Gasteiger charge is -2.31. The summed E-state index contributed by atoms with van der Waals surface area (Å²) in [7, 11) is 1.61. The van der Waals surface area contributed by atoms with Crippen LogP contribution >= 0.6 is 0 Å². The second-order valence-electron chi connectivity index (χ2n) is 7.09. The van der Waals surface area contributed by atoms with Crippen molar-refractivity contribution in [3.8, 4) is 23.2 Å². The minimum atomic E-state index is -0.183. The first kappa shape index (κ1) is 19.5. The van der Waals surface area contributed by atoms with Crippen molar-refractivity contribution < 1.29 is 14.1 Å². The Labute approximate surface area is 174 Å². The summed E-state index contributed by atoms with van der Waals surface area (Å²) in [5, 5.41) is 15.9. The van der Waals surface area contributed by atoms with Crippen molar-refractivity contribution in [1.29, 1.82) is 5.26 Å². The first-order valence-corrected chi connectivity index (χ1v) is 9.70. The highest BCUT2D eigenvalue weighted by molar-refractivity contribution is 5.89. The standard InChI is InChI=1S/C22H21N5O3/c1-29-19-6-2-4-16(12-19)20-25-21(30-26-20)17-5-3-11-27(14-17)22(28)24-18-9-7-15(13-23)8-10-18/h2,4,6-10,12,17H,3,5,11,14H2,1H3,(H,24,28)/t17-/m0/s1. The molecule has 0 bridgehead atoms. The van der Waals surface area contributed by atoms with Gasteiger partial charge in [0, 0.05) is 24.3 Å². The van der Waals surface area contributed by atoms with Crippen molar-refractivity contribution >= 4 is 11.7 Å². The van der Waals surface area contributed by atoms with Crippen LogP contribution in [-0.2, 0) is 0 Å². The van der Waals surface area contributed by atoms with E-state index in [4.69, 9.17) is 14.5 Å². The maximum Gasteiger partial charge on any atom is 0.321 e. The number of carbonyl (C=O) groups excluding carboxylic acids is 1. The number of likely N-dealkylation sites (tertiary alicyclic amines) is 1. The lowest BCUT2D eigenvalue weighted by molar-refractivity contribution is 0.184. The maximum absolute atomic E-state index is 12.7. The third-order valence-electron chi connectivity index (χ3n) is 5.09. The Morgan fingerprint density at radius 2 is 2.13 bits per heavy atom. The predicted molar refractivity (Wildman–Crippen MR) is 110 cm³/mol. The molecule has 2 amide bonds. The van der Waals surface area contributed by atoms with Crippen molar-refractivity contribution in [2.24, 2.45) is 0 Å². The van der Waals surface area contributed by atoms with Gasteiger partial charge in [0.1, 0.15) is 5.75 Å². The van der Waals surface area contributed by atoms with E-state index >= 15 is 0 Å². The second kappa shape index (κ2) is 8.66. The fraction of sp³-hybridized carbons (Fsp3) is 0.273. The summed E-state index contributed by atoms with van der Waals surface area (Å²) in [6, 6.07) is 16.1. The van der Waals surface area contributed by atoms with Gasteiger partial charge in [0.2, 0.25) is 11.7 Å². The maximum atomic E-state index is 12.7. The Hall–Kier alpha value is -3.86. The van der Waals surface area contributed by atoms with Gasteiger partial charge in [-0.2, -0.15) is 10.2 Å². The van der Waals surface area contributed by atoms with Crippen molar-refractivity contribution in [3.63, 3.8) is 0 Å². The average Bonchev–Trinajstić information content (AvgIpc) is 3.30. The number of benzene rings is 2. The van der Waals surface area contributed by atoms with E-state index in [-0.39, 0.29) is 11.9 Å². The number of carbonyl (C=O) groups is 1. The zero-order chi connectivity index (χ0) is 20.9. The molecule has 30 heavy (non-hydrogen) atoms. The van der Waals surface area contributed by atoms with E-state index in [1.807, 2.05) is 24.3 Å². The number of nitrogens with zero attached hydrogens (tertiary/aromatic N) is 4. The molecule has 1 atom stereocenters. The molecule has 3 aromatic rings. The first-order chi connectivity index (χ1) is 14.7. The molecule has 1 fully saturated rings. The number of ether oxygens (including phenoxy) is 1. The minimum absolute atomic E-state index is 0.0164. The summed E-state index contributed by atoms with van der Waals surface area (Å²) in [6.45, 7) is 1.16. The molecule has 152 valence electrons. The van der Waals surface area contributed by atoms with E-state index in [0.717, 1.165) is 24.2 Å². The average molecular weight is 403 g/mol. The highest BCUT2D eigenvalue weighted by atomic mass is 16.5. The molecule has 8 nitrogen and oxygen atoms in total. The van der Waals surface area contributed by atoms with Crippen molar-refractivity contribution in [2.75, 3.05) is 25.5 Å².